The molecular weight excluding hydrogens is 169 g/mol. The molecule has 0 saturated heterocycles. The van der Waals surface area contributed by atoms with E-state index in [2.05, 4.69) is 6.92 Å². The molecule has 0 aliphatic heterocycles. The van der Waals surface area contributed by atoms with Gasteiger partial charge in [0.25, 0.3) is 0 Å². The Balaban J connectivity index is 2.98. The predicted octanol–water partition coefficient (Wildman–Crippen LogP) is 1.67. The van der Waals surface area contributed by atoms with Crippen molar-refractivity contribution in [2.75, 3.05) is 6.67 Å². The zero-order valence-electron chi connectivity index (χ0n) is 7.16. The molecule has 1 atom stereocenters. The third-order valence-electron chi connectivity index (χ3n) is 1.83. The molecule has 1 aromatic rings. The van der Waals surface area contributed by atoms with Gasteiger partial charge < -0.3 is 5.73 Å². The van der Waals surface area contributed by atoms with Gasteiger partial charge in [-0.25, -0.2) is 0 Å². The average Bonchev–Trinajstić information content (AvgIpc) is 2.17. The first-order valence-corrected chi connectivity index (χ1v) is 3.94. The number of carbonyl (C=O) groups excluding carboxylic acids is 1. The second-order valence-electron chi connectivity index (χ2n) is 2.84. The van der Waals surface area contributed by atoms with Gasteiger partial charge in [0.2, 0.25) is 5.91 Å². The van der Waals surface area contributed by atoms with Crippen LogP contribution in [0.1, 0.15) is 21.8 Å². The Bertz CT molecular complexity index is 312. The SMILES string of the molecule is [CH2]C(CF)c1cccc(C(N)=O)c1. The van der Waals surface area contributed by atoms with E-state index in [0.29, 0.717) is 11.1 Å². The van der Waals surface area contributed by atoms with E-state index in [9.17, 15) is 9.18 Å². The molecular formula is C10H11FNO. The summed E-state index contributed by atoms with van der Waals surface area (Å²) in [5.74, 6) is -0.938. The van der Waals surface area contributed by atoms with Crippen molar-refractivity contribution in [3.05, 3.63) is 42.3 Å². The molecule has 0 aliphatic rings. The zero-order valence-corrected chi connectivity index (χ0v) is 7.16. The van der Waals surface area contributed by atoms with Gasteiger partial charge in [-0.2, -0.15) is 0 Å². The molecule has 0 fully saturated rings. The highest BCUT2D eigenvalue weighted by atomic mass is 19.1. The summed E-state index contributed by atoms with van der Waals surface area (Å²) in [4.78, 5) is 10.8. The summed E-state index contributed by atoms with van der Waals surface area (Å²) in [6.07, 6.45) is 0. The van der Waals surface area contributed by atoms with Crippen LogP contribution in [0.2, 0.25) is 0 Å². The first-order chi connectivity index (χ1) is 6.15. The second kappa shape index (κ2) is 4.03. The van der Waals surface area contributed by atoms with Crippen LogP contribution in [0.3, 0.4) is 0 Å². The molecule has 0 saturated carbocycles. The van der Waals surface area contributed by atoms with E-state index in [0.717, 1.165) is 0 Å². The molecule has 0 spiro atoms. The number of halogens is 1. The maximum absolute atomic E-state index is 12.2. The van der Waals surface area contributed by atoms with Crippen LogP contribution < -0.4 is 5.73 Å². The molecule has 0 aromatic heterocycles. The normalized spacial score (nSPS) is 12.5. The number of primary amides is 1. The molecule has 1 unspecified atom stereocenters. The van der Waals surface area contributed by atoms with E-state index in [1.165, 1.54) is 0 Å². The molecule has 0 heterocycles. The van der Waals surface area contributed by atoms with Gasteiger partial charge in [0.15, 0.2) is 0 Å². The average molecular weight is 180 g/mol. The number of nitrogens with two attached hydrogens (primary N) is 1. The number of rotatable bonds is 3. The maximum Gasteiger partial charge on any atom is 0.248 e. The van der Waals surface area contributed by atoms with Crippen LogP contribution in [0.4, 0.5) is 4.39 Å². The van der Waals surface area contributed by atoms with Crippen molar-refractivity contribution >= 4 is 5.91 Å². The fourth-order valence-electron chi connectivity index (χ4n) is 1.03. The second-order valence-corrected chi connectivity index (χ2v) is 2.84. The number of alkyl halides is 1. The quantitative estimate of drug-likeness (QED) is 0.755. The molecule has 0 aliphatic carbocycles. The highest BCUT2D eigenvalue weighted by Crippen LogP contribution is 2.16. The number of benzene rings is 1. The minimum absolute atomic E-state index is 0.389. The van der Waals surface area contributed by atoms with Crippen LogP contribution in [0.5, 0.6) is 0 Å². The summed E-state index contributed by atoms with van der Waals surface area (Å²) >= 11 is 0. The van der Waals surface area contributed by atoms with Crippen LogP contribution in [0.25, 0.3) is 0 Å². The van der Waals surface area contributed by atoms with Gasteiger partial charge in [-0.15, -0.1) is 0 Å². The molecule has 1 aromatic carbocycles. The number of hydrogen-bond acceptors (Lipinski definition) is 1. The lowest BCUT2D eigenvalue weighted by Gasteiger charge is -2.07. The molecule has 69 valence electrons. The Morgan fingerprint density at radius 3 is 2.85 bits per heavy atom. The molecule has 13 heavy (non-hydrogen) atoms. The first kappa shape index (κ1) is 9.71. The van der Waals surface area contributed by atoms with Crippen molar-refractivity contribution < 1.29 is 9.18 Å². The fourth-order valence-corrected chi connectivity index (χ4v) is 1.03. The minimum atomic E-state index is -0.539. The molecule has 2 N–H and O–H groups in total. The van der Waals surface area contributed by atoms with Gasteiger partial charge in [-0.3, -0.25) is 9.18 Å². The fraction of sp³-hybridized carbons (Fsp3) is 0.200. The van der Waals surface area contributed by atoms with E-state index in [-0.39, 0.29) is 0 Å². The molecule has 1 radical (unpaired) electrons. The highest BCUT2D eigenvalue weighted by Gasteiger charge is 2.07. The van der Waals surface area contributed by atoms with Crippen LogP contribution in [-0.4, -0.2) is 12.6 Å². The number of amides is 1. The lowest BCUT2D eigenvalue weighted by atomic mass is 10.0. The van der Waals surface area contributed by atoms with Gasteiger partial charge in [0, 0.05) is 11.5 Å². The summed E-state index contributed by atoms with van der Waals surface area (Å²) in [6.45, 7) is 3.06. The number of hydrogen-bond donors (Lipinski definition) is 1. The van der Waals surface area contributed by atoms with E-state index < -0.39 is 18.5 Å². The van der Waals surface area contributed by atoms with E-state index in [1.54, 1.807) is 24.3 Å². The first-order valence-electron chi connectivity index (χ1n) is 3.94. The van der Waals surface area contributed by atoms with Crippen molar-refractivity contribution in [3.63, 3.8) is 0 Å². The van der Waals surface area contributed by atoms with Crippen molar-refractivity contribution in [1.82, 2.24) is 0 Å². The Hall–Kier alpha value is -1.38. The highest BCUT2D eigenvalue weighted by molar-refractivity contribution is 5.92. The van der Waals surface area contributed by atoms with Gasteiger partial charge in [-0.05, 0) is 24.6 Å². The van der Waals surface area contributed by atoms with Crippen molar-refractivity contribution in [2.45, 2.75) is 5.92 Å². The van der Waals surface area contributed by atoms with Crippen molar-refractivity contribution in [3.8, 4) is 0 Å². The van der Waals surface area contributed by atoms with Crippen molar-refractivity contribution in [1.29, 1.82) is 0 Å². The maximum atomic E-state index is 12.2. The summed E-state index contributed by atoms with van der Waals surface area (Å²) in [6, 6.07) is 6.56. The predicted molar refractivity (Wildman–Crippen MR) is 49.0 cm³/mol. The summed E-state index contributed by atoms with van der Waals surface area (Å²) in [5, 5.41) is 0. The van der Waals surface area contributed by atoms with Crippen LogP contribution in [0, 0.1) is 6.92 Å². The van der Waals surface area contributed by atoms with Crippen molar-refractivity contribution in [2.24, 2.45) is 5.73 Å². The third-order valence-corrected chi connectivity index (χ3v) is 1.83. The summed E-state index contributed by atoms with van der Waals surface area (Å²) in [7, 11) is 0. The summed E-state index contributed by atoms with van der Waals surface area (Å²) in [5.41, 5.74) is 6.15. The largest absolute Gasteiger partial charge is 0.366 e. The smallest absolute Gasteiger partial charge is 0.248 e. The van der Waals surface area contributed by atoms with E-state index >= 15 is 0 Å². The molecule has 1 amide bonds. The van der Waals surface area contributed by atoms with Crippen LogP contribution in [0.15, 0.2) is 24.3 Å². The van der Waals surface area contributed by atoms with Gasteiger partial charge in [0.1, 0.15) is 0 Å². The standard InChI is InChI=1S/C10H11FNO/c1-7(6-11)8-3-2-4-9(5-8)10(12)13/h2-5,7H,1,6H2,(H2,12,13). The Labute approximate surface area is 76.6 Å². The van der Waals surface area contributed by atoms with Crippen LogP contribution >= 0.6 is 0 Å². The molecule has 3 heteroatoms. The molecule has 2 nitrogen and oxygen atoms in total. The van der Waals surface area contributed by atoms with E-state index in [4.69, 9.17) is 5.73 Å². The van der Waals surface area contributed by atoms with Gasteiger partial charge in [-0.1, -0.05) is 12.1 Å². The zero-order chi connectivity index (χ0) is 9.84. The van der Waals surface area contributed by atoms with Crippen LogP contribution in [-0.2, 0) is 0 Å². The minimum Gasteiger partial charge on any atom is -0.366 e. The van der Waals surface area contributed by atoms with Gasteiger partial charge >= 0.3 is 0 Å². The Morgan fingerprint density at radius 1 is 1.62 bits per heavy atom. The Morgan fingerprint density at radius 2 is 2.31 bits per heavy atom. The topological polar surface area (TPSA) is 43.1 Å². The third kappa shape index (κ3) is 2.28. The monoisotopic (exact) mass is 180 g/mol. The van der Waals surface area contributed by atoms with E-state index in [1.807, 2.05) is 0 Å². The Kier molecular flexibility index (Phi) is 3.01. The molecule has 1 rings (SSSR count). The summed E-state index contributed by atoms with van der Waals surface area (Å²) < 4.78 is 12.2. The van der Waals surface area contributed by atoms with Gasteiger partial charge in [0.05, 0.1) is 6.67 Å². The number of carbonyl (C=O) groups is 1. The lowest BCUT2D eigenvalue weighted by Crippen LogP contribution is -2.11. The molecule has 0 bridgehead atoms. The lowest BCUT2D eigenvalue weighted by molar-refractivity contribution is 0.1000.